The summed E-state index contributed by atoms with van der Waals surface area (Å²) in [4.78, 5) is 9.36. The minimum absolute atomic E-state index is 0.330. The number of aryl methyl sites for hydroxylation is 2. The summed E-state index contributed by atoms with van der Waals surface area (Å²) in [6.07, 6.45) is 5.19. The predicted molar refractivity (Wildman–Crippen MR) is 151 cm³/mol. The van der Waals surface area contributed by atoms with Crippen LogP contribution in [0.5, 0.6) is 5.75 Å². The molecule has 2 aromatic heterocycles. The summed E-state index contributed by atoms with van der Waals surface area (Å²) < 4.78 is 21.5. The van der Waals surface area contributed by atoms with Gasteiger partial charge in [0.1, 0.15) is 22.9 Å². The second-order valence-electron chi connectivity index (χ2n) is 8.86. The van der Waals surface area contributed by atoms with Crippen molar-refractivity contribution >= 4 is 27.8 Å². The van der Waals surface area contributed by atoms with Gasteiger partial charge in [-0.3, -0.25) is 0 Å². The lowest BCUT2D eigenvalue weighted by molar-refractivity contribution is 0.414. The maximum atomic E-state index is 13.9. The molecule has 0 amide bonds. The fraction of sp³-hybridized carbons (Fsp3) is 0.290. The number of benzene rings is 3. The van der Waals surface area contributed by atoms with Gasteiger partial charge in [-0.2, -0.15) is 0 Å². The third-order valence-electron chi connectivity index (χ3n) is 6.45. The Labute approximate surface area is 218 Å². The van der Waals surface area contributed by atoms with Crippen molar-refractivity contribution in [2.45, 2.75) is 52.5 Å². The molecule has 2 N–H and O–H groups in total. The van der Waals surface area contributed by atoms with E-state index in [0.717, 1.165) is 60.1 Å². The first-order valence-electron chi connectivity index (χ1n) is 13.0. The minimum Gasteiger partial charge on any atom is -0.497 e. The van der Waals surface area contributed by atoms with E-state index in [1.165, 1.54) is 17.7 Å². The molecule has 0 aliphatic heterocycles. The number of aromatic nitrogens is 3. The first kappa shape index (κ1) is 26.1. The minimum atomic E-state index is -0.330. The Morgan fingerprint density at radius 1 is 0.838 bits per heavy atom. The lowest BCUT2D eigenvalue weighted by Gasteiger charge is -2.12. The van der Waals surface area contributed by atoms with E-state index in [1.54, 1.807) is 13.2 Å². The highest BCUT2D eigenvalue weighted by atomic mass is 19.1. The van der Waals surface area contributed by atoms with Crippen LogP contribution in [-0.2, 0) is 19.4 Å². The van der Waals surface area contributed by atoms with Crippen LogP contribution < -0.4 is 10.5 Å². The number of imidazole rings is 1. The molecule has 0 saturated carbocycles. The first-order chi connectivity index (χ1) is 18.1. The molecule has 0 saturated heterocycles. The molecule has 0 bridgehead atoms. The van der Waals surface area contributed by atoms with E-state index < -0.39 is 0 Å². The van der Waals surface area contributed by atoms with Gasteiger partial charge in [-0.05, 0) is 54.7 Å². The summed E-state index contributed by atoms with van der Waals surface area (Å²) >= 11 is 0. The lowest BCUT2D eigenvalue weighted by Crippen LogP contribution is -2.06. The van der Waals surface area contributed by atoms with Crippen LogP contribution in [0.15, 0.2) is 72.8 Å². The van der Waals surface area contributed by atoms with Crippen molar-refractivity contribution < 1.29 is 9.13 Å². The third kappa shape index (κ3) is 6.08. The van der Waals surface area contributed by atoms with E-state index in [2.05, 4.69) is 52.0 Å². The van der Waals surface area contributed by atoms with Gasteiger partial charge in [0.15, 0.2) is 5.82 Å². The van der Waals surface area contributed by atoms with Crippen molar-refractivity contribution in [3.63, 3.8) is 0 Å². The lowest BCUT2D eigenvalue weighted by atomic mass is 10.1. The molecule has 0 spiro atoms. The summed E-state index contributed by atoms with van der Waals surface area (Å²) in [6, 6.07) is 23.3. The number of hydrogen-bond acceptors (Lipinski definition) is 4. The zero-order valence-corrected chi connectivity index (χ0v) is 21.9. The standard InChI is InChI=1S/C29H29FN4O.C2H6/c1-35-23-15-12-21(13-16-23)19-34-26(11-7-3-6-10-20-8-4-2-5-9-20)33-27-28(34)24-17-14-22(30)18-25(24)32-29(27)31;1-2/h2,4-5,8-9,12-18H,3,6-7,10-11,19H2,1H3,(H2,31,32);1-2H3. The summed E-state index contributed by atoms with van der Waals surface area (Å²) in [5.74, 6) is 1.79. The number of anilines is 1. The van der Waals surface area contributed by atoms with E-state index >= 15 is 0 Å². The van der Waals surface area contributed by atoms with Gasteiger partial charge in [-0.15, -0.1) is 0 Å². The zero-order chi connectivity index (χ0) is 26.2. The van der Waals surface area contributed by atoms with E-state index in [-0.39, 0.29) is 5.82 Å². The van der Waals surface area contributed by atoms with E-state index in [1.807, 2.05) is 26.0 Å². The normalized spacial score (nSPS) is 10.9. The van der Waals surface area contributed by atoms with Gasteiger partial charge >= 0.3 is 0 Å². The van der Waals surface area contributed by atoms with Crippen molar-refractivity contribution in [2.24, 2.45) is 0 Å². The molecule has 0 atom stereocenters. The van der Waals surface area contributed by atoms with Crippen LogP contribution >= 0.6 is 0 Å². The smallest absolute Gasteiger partial charge is 0.152 e. The average Bonchev–Trinajstić information content (AvgIpc) is 3.29. The number of nitrogen functional groups attached to an aromatic ring is 1. The molecule has 0 fully saturated rings. The molecule has 0 radical (unpaired) electrons. The van der Waals surface area contributed by atoms with Crippen LogP contribution in [0.1, 0.15) is 50.1 Å². The van der Waals surface area contributed by atoms with Gasteiger partial charge in [-0.25, -0.2) is 14.4 Å². The van der Waals surface area contributed by atoms with Gasteiger partial charge in [0.05, 0.1) is 18.1 Å². The van der Waals surface area contributed by atoms with Gasteiger partial charge in [0.2, 0.25) is 0 Å². The van der Waals surface area contributed by atoms with Crippen LogP contribution in [0, 0.1) is 5.82 Å². The number of methoxy groups -OCH3 is 1. The fourth-order valence-electron chi connectivity index (χ4n) is 4.64. The molecule has 6 heteroatoms. The number of pyridine rings is 1. The number of ether oxygens (including phenoxy) is 1. The van der Waals surface area contributed by atoms with Gasteiger partial charge in [0, 0.05) is 24.4 Å². The Kier molecular flexibility index (Phi) is 8.72. The topological polar surface area (TPSA) is 66.0 Å². The Balaban J connectivity index is 0.00000156. The fourth-order valence-corrected chi connectivity index (χ4v) is 4.64. The molecular formula is C31H35FN4O. The summed E-state index contributed by atoms with van der Waals surface area (Å²) in [5, 5.41) is 0.854. The quantitative estimate of drug-likeness (QED) is 0.216. The third-order valence-corrected chi connectivity index (χ3v) is 6.45. The van der Waals surface area contributed by atoms with Crippen LogP contribution in [0.25, 0.3) is 21.9 Å². The highest BCUT2D eigenvalue weighted by Gasteiger charge is 2.18. The van der Waals surface area contributed by atoms with E-state index in [0.29, 0.717) is 23.4 Å². The van der Waals surface area contributed by atoms with Crippen LogP contribution in [-0.4, -0.2) is 21.6 Å². The van der Waals surface area contributed by atoms with Crippen molar-refractivity contribution in [2.75, 3.05) is 12.8 Å². The largest absolute Gasteiger partial charge is 0.497 e. The molecule has 5 nitrogen and oxygen atoms in total. The molecular weight excluding hydrogens is 463 g/mol. The van der Waals surface area contributed by atoms with E-state index in [9.17, 15) is 4.39 Å². The Hall–Kier alpha value is -3.93. The van der Waals surface area contributed by atoms with Crippen LogP contribution in [0.3, 0.4) is 0 Å². The van der Waals surface area contributed by atoms with Crippen molar-refractivity contribution in [3.05, 3.63) is 95.6 Å². The second kappa shape index (κ2) is 12.3. The number of fused-ring (bicyclic) bond motifs is 3. The van der Waals surface area contributed by atoms with Gasteiger partial charge < -0.3 is 15.0 Å². The Bertz CT molecular complexity index is 1450. The van der Waals surface area contributed by atoms with Crippen molar-refractivity contribution in [1.29, 1.82) is 0 Å². The van der Waals surface area contributed by atoms with Crippen LogP contribution in [0.2, 0.25) is 0 Å². The van der Waals surface area contributed by atoms with Crippen molar-refractivity contribution in [3.8, 4) is 5.75 Å². The first-order valence-corrected chi connectivity index (χ1v) is 13.0. The van der Waals surface area contributed by atoms with Gasteiger partial charge in [0.25, 0.3) is 0 Å². The van der Waals surface area contributed by atoms with Crippen LogP contribution in [0.4, 0.5) is 10.2 Å². The number of unbranched alkanes of at least 4 members (excludes halogenated alkanes) is 2. The van der Waals surface area contributed by atoms with Gasteiger partial charge in [-0.1, -0.05) is 62.7 Å². The zero-order valence-electron chi connectivity index (χ0n) is 21.9. The highest BCUT2D eigenvalue weighted by molar-refractivity contribution is 6.06. The summed E-state index contributed by atoms with van der Waals surface area (Å²) in [7, 11) is 1.66. The number of halogens is 1. The van der Waals surface area contributed by atoms with Crippen molar-refractivity contribution in [1.82, 2.24) is 14.5 Å². The molecule has 0 unspecified atom stereocenters. The molecule has 5 rings (SSSR count). The maximum Gasteiger partial charge on any atom is 0.152 e. The molecule has 0 aliphatic carbocycles. The number of nitrogens with two attached hydrogens (primary N) is 1. The molecule has 5 aromatic rings. The molecule has 3 aromatic carbocycles. The maximum absolute atomic E-state index is 13.9. The van der Waals surface area contributed by atoms with E-state index in [4.69, 9.17) is 15.5 Å². The molecule has 37 heavy (non-hydrogen) atoms. The average molecular weight is 499 g/mol. The summed E-state index contributed by atoms with van der Waals surface area (Å²) in [6.45, 7) is 4.63. The molecule has 192 valence electrons. The SMILES string of the molecule is CC.COc1ccc(Cn2c(CCCCCc3ccccc3)nc3c(N)nc4cc(F)ccc4c32)cc1. The predicted octanol–water partition coefficient (Wildman–Crippen LogP) is 7.34. The highest BCUT2D eigenvalue weighted by Crippen LogP contribution is 2.31. The molecule has 2 heterocycles. The number of hydrogen-bond donors (Lipinski definition) is 1. The number of rotatable bonds is 9. The second-order valence-corrected chi connectivity index (χ2v) is 8.86. The Morgan fingerprint density at radius 3 is 2.30 bits per heavy atom. The monoisotopic (exact) mass is 498 g/mol. The molecule has 0 aliphatic rings. The number of nitrogens with zero attached hydrogens (tertiary/aromatic N) is 3. The Morgan fingerprint density at radius 2 is 1.57 bits per heavy atom. The summed E-state index contributed by atoms with van der Waals surface area (Å²) in [5.41, 5.74) is 10.9.